The average Bonchev–Trinajstić information content (AvgIpc) is 3.02. The summed E-state index contributed by atoms with van der Waals surface area (Å²) in [7, 11) is -2.34. The topological polar surface area (TPSA) is 112 Å². The summed E-state index contributed by atoms with van der Waals surface area (Å²) in [5.41, 5.74) is 3.40. The minimum atomic E-state index is -4.05. The highest BCUT2D eigenvalue weighted by Gasteiger charge is 2.59. The number of rotatable bonds is 3. The van der Waals surface area contributed by atoms with Crippen LogP contribution in [0.1, 0.15) is 37.8 Å². The molecule has 0 bridgehead atoms. The molecule has 1 aromatic heterocycles. The van der Waals surface area contributed by atoms with Gasteiger partial charge in [-0.1, -0.05) is 24.6 Å². The molecule has 10 heteroatoms. The Labute approximate surface area is 167 Å². The van der Waals surface area contributed by atoms with Gasteiger partial charge >= 0.3 is 5.97 Å². The van der Waals surface area contributed by atoms with Gasteiger partial charge in [-0.2, -0.15) is 5.10 Å². The second kappa shape index (κ2) is 6.87. The molecule has 1 aromatic carbocycles. The molecule has 2 aliphatic rings. The summed E-state index contributed by atoms with van der Waals surface area (Å²) in [6.45, 7) is 1.70. The van der Waals surface area contributed by atoms with E-state index in [1.54, 1.807) is 30.8 Å². The Hall–Kier alpha value is -2.88. The third kappa shape index (κ3) is 2.89. The number of benzene rings is 1. The van der Waals surface area contributed by atoms with Gasteiger partial charge in [0, 0.05) is 19.9 Å². The quantitative estimate of drug-likeness (QED) is 0.601. The molecule has 4 rings (SSSR count). The number of carbonyl (C=O) groups excluding carboxylic acids is 1. The molecule has 2 fully saturated rings. The van der Waals surface area contributed by atoms with Gasteiger partial charge in [0.15, 0.2) is 0 Å². The molecule has 0 unspecified atom stereocenters. The number of esters is 1. The normalized spacial score (nSPS) is 21.4. The number of nitrogens with zero attached hydrogens (tertiary/aromatic N) is 3. The van der Waals surface area contributed by atoms with Crippen LogP contribution >= 0.6 is 0 Å². The number of anilines is 1. The summed E-state index contributed by atoms with van der Waals surface area (Å²) in [5.74, 6) is -0.976. The maximum absolute atomic E-state index is 13.0. The Morgan fingerprint density at radius 3 is 2.41 bits per heavy atom. The van der Waals surface area contributed by atoms with E-state index >= 15 is 0 Å². The zero-order valence-corrected chi connectivity index (χ0v) is 17.0. The van der Waals surface area contributed by atoms with Crippen LogP contribution in [-0.4, -0.2) is 33.7 Å². The molecule has 2 aromatic rings. The predicted octanol–water partition coefficient (Wildman–Crippen LogP) is 1.84. The number of para-hydroxylation sites is 1. The first-order valence-corrected chi connectivity index (χ1v) is 10.9. The Morgan fingerprint density at radius 2 is 1.76 bits per heavy atom. The van der Waals surface area contributed by atoms with E-state index in [-0.39, 0.29) is 18.5 Å². The molecule has 29 heavy (non-hydrogen) atoms. The lowest BCUT2D eigenvalue weighted by Crippen LogP contribution is -2.39. The summed E-state index contributed by atoms with van der Waals surface area (Å²) >= 11 is 0. The van der Waals surface area contributed by atoms with E-state index in [2.05, 4.69) is 10.5 Å². The van der Waals surface area contributed by atoms with Gasteiger partial charge in [-0.15, -0.1) is 0 Å². The SMILES string of the molecule is Cc1c(N/N=C2\C(=O)OC3(CCCCC3)S2(=O)=O)c(=O)n(-c2ccccc2)n1C. The molecule has 2 heterocycles. The number of hydrogen-bond acceptors (Lipinski definition) is 7. The number of sulfone groups is 1. The standard InChI is InChI=1S/C19H22N4O5S/c1-13-15(17(24)23(22(13)2)14-9-5-3-6-10-14)20-21-16-18(25)28-19(29(16,26)27)11-7-4-8-12-19/h3,5-6,9-10,20H,4,7-8,11-12H2,1-2H3/b21-16+. The molecule has 1 saturated heterocycles. The van der Waals surface area contributed by atoms with E-state index in [4.69, 9.17) is 4.74 Å². The van der Waals surface area contributed by atoms with Crippen LogP contribution in [0.25, 0.3) is 5.69 Å². The number of aromatic nitrogens is 2. The second-order valence-electron chi connectivity index (χ2n) is 7.33. The van der Waals surface area contributed by atoms with E-state index in [0.29, 0.717) is 24.2 Å². The van der Waals surface area contributed by atoms with Gasteiger partial charge < -0.3 is 4.74 Å². The first-order valence-electron chi connectivity index (χ1n) is 9.44. The maximum Gasteiger partial charge on any atom is 0.372 e. The first kappa shape index (κ1) is 19.4. The summed E-state index contributed by atoms with van der Waals surface area (Å²) in [4.78, 5) is 23.7. The van der Waals surface area contributed by atoms with Crippen molar-refractivity contribution in [3.8, 4) is 5.69 Å². The molecular formula is C19H22N4O5S. The van der Waals surface area contributed by atoms with Crippen LogP contribution in [0.2, 0.25) is 0 Å². The van der Waals surface area contributed by atoms with Crippen LogP contribution in [0, 0.1) is 6.92 Å². The minimum Gasteiger partial charge on any atom is -0.437 e. The molecule has 1 aliphatic heterocycles. The van der Waals surface area contributed by atoms with Crippen molar-refractivity contribution in [2.45, 2.75) is 44.0 Å². The fourth-order valence-corrected chi connectivity index (χ4v) is 5.71. The van der Waals surface area contributed by atoms with Gasteiger partial charge in [-0.05, 0) is 31.9 Å². The molecule has 1 spiro atoms. The van der Waals surface area contributed by atoms with Crippen molar-refractivity contribution in [3.05, 3.63) is 46.4 Å². The highest BCUT2D eigenvalue weighted by Crippen LogP contribution is 2.41. The van der Waals surface area contributed by atoms with Crippen LogP contribution in [0.3, 0.4) is 0 Å². The van der Waals surface area contributed by atoms with Crippen molar-refractivity contribution < 1.29 is 17.9 Å². The van der Waals surface area contributed by atoms with Crippen LogP contribution in [0.15, 0.2) is 40.2 Å². The van der Waals surface area contributed by atoms with Gasteiger partial charge in [0.2, 0.25) is 14.8 Å². The lowest BCUT2D eigenvalue weighted by Gasteiger charge is -2.29. The second-order valence-corrected chi connectivity index (χ2v) is 9.47. The Balaban J connectivity index is 1.72. The number of hydrazone groups is 1. The maximum atomic E-state index is 13.0. The zero-order valence-electron chi connectivity index (χ0n) is 16.2. The molecule has 0 amide bonds. The van der Waals surface area contributed by atoms with Crippen LogP contribution in [0.4, 0.5) is 5.69 Å². The molecule has 9 nitrogen and oxygen atoms in total. The number of hydrogen-bond donors (Lipinski definition) is 1. The van der Waals surface area contributed by atoms with Crippen molar-refractivity contribution >= 4 is 26.5 Å². The van der Waals surface area contributed by atoms with Crippen LogP contribution in [0.5, 0.6) is 0 Å². The average molecular weight is 418 g/mol. The summed E-state index contributed by atoms with van der Waals surface area (Å²) in [6.07, 6.45) is 2.79. The van der Waals surface area contributed by atoms with Crippen molar-refractivity contribution in [2.24, 2.45) is 12.1 Å². The summed E-state index contributed by atoms with van der Waals surface area (Å²) in [6, 6.07) is 9.02. The van der Waals surface area contributed by atoms with E-state index in [1.807, 2.05) is 18.2 Å². The van der Waals surface area contributed by atoms with Crippen molar-refractivity contribution in [1.29, 1.82) is 0 Å². The lowest BCUT2D eigenvalue weighted by atomic mass is 9.97. The molecular weight excluding hydrogens is 396 g/mol. The van der Waals surface area contributed by atoms with Crippen LogP contribution < -0.4 is 11.0 Å². The first-order chi connectivity index (χ1) is 13.8. The van der Waals surface area contributed by atoms with Crippen molar-refractivity contribution in [2.75, 3.05) is 5.43 Å². The largest absolute Gasteiger partial charge is 0.437 e. The summed E-state index contributed by atoms with van der Waals surface area (Å²) in [5, 5.41) is 3.15. The third-order valence-electron chi connectivity index (χ3n) is 5.64. The molecule has 154 valence electrons. The van der Waals surface area contributed by atoms with E-state index in [9.17, 15) is 18.0 Å². The number of carbonyl (C=O) groups is 1. The van der Waals surface area contributed by atoms with Gasteiger partial charge in [0.25, 0.3) is 10.6 Å². The van der Waals surface area contributed by atoms with Gasteiger partial charge in [0.05, 0.1) is 11.4 Å². The minimum absolute atomic E-state index is 0.0939. The number of ether oxygens (including phenoxy) is 1. The van der Waals surface area contributed by atoms with E-state index in [0.717, 1.165) is 6.42 Å². The Morgan fingerprint density at radius 1 is 1.10 bits per heavy atom. The monoisotopic (exact) mass is 418 g/mol. The van der Waals surface area contributed by atoms with Crippen molar-refractivity contribution in [1.82, 2.24) is 9.36 Å². The lowest BCUT2D eigenvalue weighted by molar-refractivity contribution is -0.143. The predicted molar refractivity (Wildman–Crippen MR) is 108 cm³/mol. The summed E-state index contributed by atoms with van der Waals surface area (Å²) < 4.78 is 34.3. The number of nitrogens with one attached hydrogen (secondary N) is 1. The Kier molecular flexibility index (Phi) is 4.60. The fraction of sp³-hybridized carbons (Fsp3) is 0.421. The highest BCUT2D eigenvalue weighted by atomic mass is 32.2. The molecule has 1 N–H and O–H groups in total. The van der Waals surface area contributed by atoms with Crippen LogP contribution in [-0.2, 0) is 26.4 Å². The third-order valence-corrected chi connectivity index (χ3v) is 7.87. The van der Waals surface area contributed by atoms with Gasteiger partial charge in [0.1, 0.15) is 5.69 Å². The molecule has 1 aliphatic carbocycles. The Bertz CT molecular complexity index is 1160. The molecule has 1 saturated carbocycles. The van der Waals surface area contributed by atoms with Gasteiger partial charge in [-0.25, -0.2) is 17.9 Å². The highest BCUT2D eigenvalue weighted by molar-refractivity contribution is 8.09. The fourth-order valence-electron chi connectivity index (χ4n) is 3.92. The van der Waals surface area contributed by atoms with Crippen molar-refractivity contribution in [3.63, 3.8) is 0 Å². The molecule has 0 radical (unpaired) electrons. The van der Waals surface area contributed by atoms with Gasteiger partial charge in [-0.3, -0.25) is 14.9 Å². The smallest absolute Gasteiger partial charge is 0.372 e. The molecule has 0 atom stereocenters. The van der Waals surface area contributed by atoms with E-state index < -0.39 is 31.3 Å². The van der Waals surface area contributed by atoms with E-state index in [1.165, 1.54) is 4.68 Å². The zero-order chi connectivity index (χ0) is 20.8.